The molecule has 1 aromatic heterocycles. The summed E-state index contributed by atoms with van der Waals surface area (Å²) in [5.74, 6) is 2.09. The van der Waals surface area contributed by atoms with Gasteiger partial charge in [-0.15, -0.1) is 10.2 Å². The van der Waals surface area contributed by atoms with Gasteiger partial charge in [-0.3, -0.25) is 0 Å². The number of rotatable bonds is 8. The van der Waals surface area contributed by atoms with Crippen molar-refractivity contribution in [2.45, 2.75) is 13.8 Å². The van der Waals surface area contributed by atoms with Crippen molar-refractivity contribution in [3.8, 4) is 22.8 Å². The van der Waals surface area contributed by atoms with Gasteiger partial charge in [0.15, 0.2) is 17.3 Å². The number of anilines is 3. The van der Waals surface area contributed by atoms with Crippen molar-refractivity contribution in [1.29, 1.82) is 0 Å². The Morgan fingerprint density at radius 1 is 0.882 bits per heavy atom. The number of amides is 2. The van der Waals surface area contributed by atoms with Crippen molar-refractivity contribution in [2.75, 3.05) is 55.1 Å². The van der Waals surface area contributed by atoms with Gasteiger partial charge in [0, 0.05) is 36.1 Å². The van der Waals surface area contributed by atoms with E-state index in [0.717, 1.165) is 30.2 Å². The predicted molar refractivity (Wildman–Crippen MR) is 132 cm³/mol. The molecular formula is C25H29N5O4. The Morgan fingerprint density at radius 2 is 1.56 bits per heavy atom. The first-order valence-corrected chi connectivity index (χ1v) is 11.4. The molecule has 2 heterocycles. The molecule has 0 atom stereocenters. The summed E-state index contributed by atoms with van der Waals surface area (Å²) in [6.07, 6.45) is 0. The molecule has 1 aliphatic heterocycles. The van der Waals surface area contributed by atoms with Gasteiger partial charge < -0.3 is 29.7 Å². The van der Waals surface area contributed by atoms with E-state index in [2.05, 4.69) is 25.7 Å². The summed E-state index contributed by atoms with van der Waals surface area (Å²) in [6.45, 7) is 7.90. The minimum Gasteiger partial charge on any atom is -0.490 e. The lowest BCUT2D eigenvalue weighted by atomic mass is 10.1. The van der Waals surface area contributed by atoms with Crippen LogP contribution in [0.1, 0.15) is 13.8 Å². The van der Waals surface area contributed by atoms with E-state index in [9.17, 15) is 4.79 Å². The molecule has 0 saturated carbocycles. The number of hydrogen-bond acceptors (Lipinski definition) is 7. The number of nitrogens with one attached hydrogen (secondary N) is 2. The van der Waals surface area contributed by atoms with E-state index in [-0.39, 0.29) is 6.03 Å². The topological polar surface area (TPSA) is 97.8 Å². The SMILES string of the molecule is CCOc1ccc(NC(=O)Nc2ccc(-c3ccc(N4CCOCC4)nn3)cc2)cc1OCC. The fourth-order valence-corrected chi connectivity index (χ4v) is 3.59. The van der Waals surface area contributed by atoms with Gasteiger partial charge >= 0.3 is 6.03 Å². The van der Waals surface area contributed by atoms with Crippen LogP contribution in [-0.4, -0.2) is 55.7 Å². The van der Waals surface area contributed by atoms with Crippen LogP contribution in [0.15, 0.2) is 54.6 Å². The van der Waals surface area contributed by atoms with Gasteiger partial charge in [0.2, 0.25) is 0 Å². The summed E-state index contributed by atoms with van der Waals surface area (Å²) in [5, 5.41) is 14.4. The Kier molecular flexibility index (Phi) is 7.77. The van der Waals surface area contributed by atoms with Crippen LogP contribution in [0.5, 0.6) is 11.5 Å². The zero-order valence-electron chi connectivity index (χ0n) is 19.4. The van der Waals surface area contributed by atoms with Crippen molar-refractivity contribution in [3.05, 3.63) is 54.6 Å². The third-order valence-corrected chi connectivity index (χ3v) is 5.23. The lowest BCUT2D eigenvalue weighted by Crippen LogP contribution is -2.36. The molecule has 34 heavy (non-hydrogen) atoms. The molecule has 9 nitrogen and oxygen atoms in total. The second-order valence-corrected chi connectivity index (χ2v) is 7.56. The lowest BCUT2D eigenvalue weighted by molar-refractivity contribution is 0.122. The number of ether oxygens (including phenoxy) is 3. The number of carbonyl (C=O) groups excluding carboxylic acids is 1. The van der Waals surface area contributed by atoms with Crippen LogP contribution in [0.2, 0.25) is 0 Å². The summed E-state index contributed by atoms with van der Waals surface area (Å²) < 4.78 is 16.6. The third kappa shape index (κ3) is 5.93. The van der Waals surface area contributed by atoms with Gasteiger partial charge in [0.1, 0.15) is 0 Å². The van der Waals surface area contributed by atoms with Crippen LogP contribution in [0, 0.1) is 0 Å². The first kappa shape index (κ1) is 23.3. The molecule has 178 valence electrons. The first-order valence-electron chi connectivity index (χ1n) is 11.4. The summed E-state index contributed by atoms with van der Waals surface area (Å²) in [4.78, 5) is 14.6. The van der Waals surface area contributed by atoms with Crippen LogP contribution < -0.4 is 25.0 Å². The van der Waals surface area contributed by atoms with Crippen molar-refractivity contribution in [1.82, 2.24) is 10.2 Å². The van der Waals surface area contributed by atoms with Crippen molar-refractivity contribution in [3.63, 3.8) is 0 Å². The number of urea groups is 1. The first-order chi connectivity index (χ1) is 16.7. The standard InChI is InChI=1S/C25H29N5O4/c1-3-33-22-11-9-20(17-23(22)34-4-2)27-25(31)26-19-7-5-18(6-8-19)21-10-12-24(29-28-21)30-13-15-32-16-14-30/h5-12,17H,3-4,13-16H2,1-2H3,(H2,26,27,31). The van der Waals surface area contributed by atoms with E-state index in [1.807, 2.05) is 50.2 Å². The molecule has 0 aliphatic carbocycles. The second kappa shape index (κ2) is 11.3. The molecular weight excluding hydrogens is 434 g/mol. The van der Waals surface area contributed by atoms with Gasteiger partial charge in [-0.2, -0.15) is 0 Å². The highest BCUT2D eigenvalue weighted by molar-refractivity contribution is 6.00. The second-order valence-electron chi connectivity index (χ2n) is 7.56. The molecule has 2 N–H and O–H groups in total. The van der Waals surface area contributed by atoms with E-state index < -0.39 is 0 Å². The smallest absolute Gasteiger partial charge is 0.323 e. The number of aromatic nitrogens is 2. The molecule has 1 saturated heterocycles. The van der Waals surface area contributed by atoms with Gasteiger partial charge in [-0.25, -0.2) is 4.79 Å². The van der Waals surface area contributed by atoms with Gasteiger partial charge in [-0.05, 0) is 50.2 Å². The molecule has 0 spiro atoms. The number of nitrogens with zero attached hydrogens (tertiary/aromatic N) is 3. The maximum Gasteiger partial charge on any atom is 0.323 e. The lowest BCUT2D eigenvalue weighted by Gasteiger charge is -2.27. The number of benzene rings is 2. The van der Waals surface area contributed by atoms with Gasteiger partial charge in [-0.1, -0.05) is 12.1 Å². The Balaban J connectivity index is 1.36. The van der Waals surface area contributed by atoms with Crippen molar-refractivity contribution >= 4 is 23.2 Å². The number of hydrogen-bond donors (Lipinski definition) is 2. The minimum atomic E-state index is -0.353. The molecule has 2 amide bonds. The van der Waals surface area contributed by atoms with Crippen LogP contribution in [-0.2, 0) is 4.74 Å². The molecule has 9 heteroatoms. The zero-order valence-corrected chi connectivity index (χ0v) is 19.4. The predicted octanol–water partition coefficient (Wildman–Crippen LogP) is 4.42. The summed E-state index contributed by atoms with van der Waals surface area (Å²) in [5.41, 5.74) is 2.96. The fourth-order valence-electron chi connectivity index (χ4n) is 3.59. The highest BCUT2D eigenvalue weighted by atomic mass is 16.5. The highest BCUT2D eigenvalue weighted by Gasteiger charge is 2.13. The molecule has 0 radical (unpaired) electrons. The molecule has 4 rings (SSSR count). The average molecular weight is 464 g/mol. The highest BCUT2D eigenvalue weighted by Crippen LogP contribution is 2.30. The average Bonchev–Trinajstić information content (AvgIpc) is 2.87. The normalized spacial score (nSPS) is 13.3. The Hall–Kier alpha value is -3.85. The summed E-state index contributed by atoms with van der Waals surface area (Å²) in [7, 11) is 0. The fraction of sp³-hybridized carbons (Fsp3) is 0.320. The van der Waals surface area contributed by atoms with Crippen molar-refractivity contribution < 1.29 is 19.0 Å². The maximum absolute atomic E-state index is 12.5. The molecule has 1 aliphatic rings. The van der Waals surface area contributed by atoms with Crippen LogP contribution in [0.25, 0.3) is 11.3 Å². The van der Waals surface area contributed by atoms with E-state index in [4.69, 9.17) is 14.2 Å². The number of morpholine rings is 1. The number of carbonyl (C=O) groups is 1. The monoisotopic (exact) mass is 463 g/mol. The van der Waals surface area contributed by atoms with Gasteiger partial charge in [0.05, 0.1) is 32.1 Å². The van der Waals surface area contributed by atoms with Crippen LogP contribution in [0.3, 0.4) is 0 Å². The van der Waals surface area contributed by atoms with Crippen LogP contribution >= 0.6 is 0 Å². The zero-order chi connectivity index (χ0) is 23.8. The van der Waals surface area contributed by atoms with E-state index in [1.54, 1.807) is 18.2 Å². The summed E-state index contributed by atoms with van der Waals surface area (Å²) >= 11 is 0. The molecule has 1 fully saturated rings. The van der Waals surface area contributed by atoms with E-state index in [0.29, 0.717) is 49.3 Å². The third-order valence-electron chi connectivity index (χ3n) is 5.23. The van der Waals surface area contributed by atoms with E-state index >= 15 is 0 Å². The summed E-state index contributed by atoms with van der Waals surface area (Å²) in [6, 6.07) is 16.3. The Morgan fingerprint density at radius 3 is 2.24 bits per heavy atom. The quantitative estimate of drug-likeness (QED) is 0.510. The molecule has 0 bridgehead atoms. The van der Waals surface area contributed by atoms with Gasteiger partial charge in [0.25, 0.3) is 0 Å². The maximum atomic E-state index is 12.5. The Labute approximate surface area is 199 Å². The Bertz CT molecular complexity index is 1080. The largest absolute Gasteiger partial charge is 0.490 e. The van der Waals surface area contributed by atoms with Crippen LogP contribution in [0.4, 0.5) is 22.0 Å². The molecule has 2 aromatic carbocycles. The molecule has 0 unspecified atom stereocenters. The van der Waals surface area contributed by atoms with Crippen molar-refractivity contribution in [2.24, 2.45) is 0 Å². The van der Waals surface area contributed by atoms with E-state index in [1.165, 1.54) is 0 Å². The minimum absolute atomic E-state index is 0.353. The molecule has 3 aromatic rings.